The highest BCUT2D eigenvalue weighted by Crippen LogP contribution is 2.66. The van der Waals surface area contributed by atoms with Gasteiger partial charge < -0.3 is 9.80 Å². The van der Waals surface area contributed by atoms with Crippen LogP contribution in [-0.2, 0) is 10.2 Å². The first-order chi connectivity index (χ1) is 12.6. The summed E-state index contributed by atoms with van der Waals surface area (Å²) in [7, 11) is 2.16. The van der Waals surface area contributed by atoms with Gasteiger partial charge in [0.05, 0.1) is 0 Å². The summed E-state index contributed by atoms with van der Waals surface area (Å²) in [5.74, 6) is 2.12. The van der Waals surface area contributed by atoms with Crippen molar-refractivity contribution in [2.45, 2.75) is 50.4 Å². The second kappa shape index (κ2) is 6.09. The van der Waals surface area contributed by atoms with Crippen molar-refractivity contribution < 1.29 is 4.79 Å². The molecule has 3 heteroatoms. The molecule has 5 aliphatic rings. The molecule has 140 valence electrons. The van der Waals surface area contributed by atoms with Crippen LogP contribution in [-0.4, -0.2) is 48.9 Å². The molecule has 5 fully saturated rings. The van der Waals surface area contributed by atoms with E-state index in [-0.39, 0.29) is 5.41 Å². The predicted molar refractivity (Wildman–Crippen MR) is 104 cm³/mol. The Hall–Kier alpha value is -1.35. The summed E-state index contributed by atoms with van der Waals surface area (Å²) in [4.78, 5) is 17.6. The molecule has 3 nitrogen and oxygen atoms in total. The fourth-order valence-corrected chi connectivity index (χ4v) is 7.28. The molecule has 1 saturated heterocycles. The van der Waals surface area contributed by atoms with E-state index in [0.717, 1.165) is 44.4 Å². The highest BCUT2D eigenvalue weighted by atomic mass is 16.2. The summed E-state index contributed by atoms with van der Waals surface area (Å²) < 4.78 is 0. The molecule has 1 aliphatic heterocycles. The van der Waals surface area contributed by atoms with Crippen LogP contribution in [0.1, 0.15) is 50.5 Å². The van der Waals surface area contributed by atoms with E-state index in [9.17, 15) is 4.79 Å². The molecule has 1 heterocycles. The number of nitrogens with zero attached hydrogens (tertiary/aromatic N) is 2. The van der Waals surface area contributed by atoms with Gasteiger partial charge in [-0.05, 0) is 73.8 Å². The Morgan fingerprint density at radius 3 is 2.31 bits per heavy atom. The lowest BCUT2D eigenvalue weighted by Gasteiger charge is -2.62. The third kappa shape index (κ3) is 2.79. The molecule has 6 rings (SSSR count). The Morgan fingerprint density at radius 2 is 1.65 bits per heavy atom. The molecule has 26 heavy (non-hydrogen) atoms. The van der Waals surface area contributed by atoms with E-state index in [4.69, 9.17) is 0 Å². The second-order valence-corrected chi connectivity index (χ2v) is 9.97. The van der Waals surface area contributed by atoms with Crippen molar-refractivity contribution in [1.82, 2.24) is 9.80 Å². The molecule has 0 spiro atoms. The zero-order valence-corrected chi connectivity index (χ0v) is 16.1. The van der Waals surface area contributed by atoms with Crippen molar-refractivity contribution in [3.8, 4) is 0 Å². The van der Waals surface area contributed by atoms with Gasteiger partial charge in [0.1, 0.15) is 0 Å². The Bertz CT molecular complexity index is 663. The lowest BCUT2D eigenvalue weighted by atomic mass is 9.42. The van der Waals surface area contributed by atoms with Crippen LogP contribution in [0, 0.1) is 17.3 Å². The fourth-order valence-electron chi connectivity index (χ4n) is 7.28. The third-order valence-electron chi connectivity index (χ3n) is 7.95. The highest BCUT2D eigenvalue weighted by Gasteiger charge is 2.58. The van der Waals surface area contributed by atoms with E-state index < -0.39 is 0 Å². The molecule has 2 unspecified atom stereocenters. The summed E-state index contributed by atoms with van der Waals surface area (Å²) in [5.41, 5.74) is 2.18. The lowest BCUT2D eigenvalue weighted by Crippen LogP contribution is -2.56. The lowest BCUT2D eigenvalue weighted by molar-refractivity contribution is -0.142. The molecule has 4 bridgehead atoms. The summed E-state index contributed by atoms with van der Waals surface area (Å²) in [6, 6.07) is 11.2. The average Bonchev–Trinajstić information content (AvgIpc) is 2.61. The van der Waals surface area contributed by atoms with E-state index in [1.165, 1.54) is 38.5 Å². The Labute approximate surface area is 157 Å². The van der Waals surface area contributed by atoms with E-state index in [1.807, 2.05) is 0 Å². The number of rotatable bonds is 3. The molecule has 1 aromatic carbocycles. The van der Waals surface area contributed by atoms with Crippen molar-refractivity contribution in [2.24, 2.45) is 17.3 Å². The average molecular weight is 353 g/mol. The van der Waals surface area contributed by atoms with Gasteiger partial charge in [-0.15, -0.1) is 0 Å². The van der Waals surface area contributed by atoms with Gasteiger partial charge in [-0.3, -0.25) is 4.79 Å². The first kappa shape index (κ1) is 16.8. The number of hydrogen-bond donors (Lipinski definition) is 0. The van der Waals surface area contributed by atoms with E-state index in [0.29, 0.717) is 11.3 Å². The monoisotopic (exact) mass is 352 g/mol. The minimum absolute atomic E-state index is 0.278. The van der Waals surface area contributed by atoms with Crippen LogP contribution in [0.15, 0.2) is 30.3 Å². The third-order valence-corrected chi connectivity index (χ3v) is 7.95. The molecule has 4 atom stereocenters. The topological polar surface area (TPSA) is 23.6 Å². The van der Waals surface area contributed by atoms with Gasteiger partial charge in [-0.2, -0.15) is 0 Å². The molecule has 1 aromatic rings. The molecule has 0 radical (unpaired) electrons. The van der Waals surface area contributed by atoms with Crippen LogP contribution < -0.4 is 0 Å². The van der Waals surface area contributed by atoms with Crippen molar-refractivity contribution in [3.05, 3.63) is 35.9 Å². The normalized spacial score (nSPS) is 39.3. The SMILES string of the molecule is CN1CCN(C(=O)CC23C[C@H]4C[C@@H](C2)CC(c2ccccc2)(C4)C3)CC1. The van der Waals surface area contributed by atoms with Gasteiger partial charge in [0.2, 0.25) is 5.91 Å². The maximum absolute atomic E-state index is 13.1. The Morgan fingerprint density at radius 1 is 1.00 bits per heavy atom. The maximum Gasteiger partial charge on any atom is 0.223 e. The Kier molecular flexibility index (Phi) is 3.93. The quantitative estimate of drug-likeness (QED) is 0.828. The number of carbonyl (C=O) groups is 1. The van der Waals surface area contributed by atoms with Gasteiger partial charge in [0.25, 0.3) is 0 Å². The van der Waals surface area contributed by atoms with Gasteiger partial charge in [-0.25, -0.2) is 0 Å². The van der Waals surface area contributed by atoms with Crippen LogP contribution in [0.25, 0.3) is 0 Å². The van der Waals surface area contributed by atoms with Gasteiger partial charge >= 0.3 is 0 Å². The molecule has 0 aromatic heterocycles. The number of hydrogen-bond acceptors (Lipinski definition) is 2. The minimum atomic E-state index is 0.278. The summed E-state index contributed by atoms with van der Waals surface area (Å²) >= 11 is 0. The van der Waals surface area contributed by atoms with Crippen LogP contribution in [0.4, 0.5) is 0 Å². The van der Waals surface area contributed by atoms with Crippen molar-refractivity contribution in [3.63, 3.8) is 0 Å². The molecule has 0 N–H and O–H groups in total. The van der Waals surface area contributed by atoms with Gasteiger partial charge in [-0.1, -0.05) is 30.3 Å². The van der Waals surface area contributed by atoms with Crippen molar-refractivity contribution in [2.75, 3.05) is 33.2 Å². The number of piperazine rings is 1. The molecule has 4 aliphatic carbocycles. The van der Waals surface area contributed by atoms with Gasteiger partial charge in [0, 0.05) is 32.6 Å². The molecular formula is C23H32N2O. The molecule has 4 saturated carbocycles. The summed E-state index contributed by atoms with van der Waals surface area (Å²) in [6.07, 6.45) is 8.79. The number of likely N-dealkylation sites (N-methyl/N-ethyl adjacent to an activating group) is 1. The van der Waals surface area contributed by atoms with E-state index >= 15 is 0 Å². The zero-order chi connectivity index (χ0) is 17.8. The first-order valence-corrected chi connectivity index (χ1v) is 10.6. The maximum atomic E-state index is 13.1. The predicted octanol–water partition coefficient (Wildman–Crippen LogP) is 3.69. The van der Waals surface area contributed by atoms with Crippen molar-refractivity contribution >= 4 is 5.91 Å². The van der Waals surface area contributed by atoms with Crippen LogP contribution >= 0.6 is 0 Å². The number of benzene rings is 1. The highest BCUT2D eigenvalue weighted by molar-refractivity contribution is 5.77. The standard InChI is InChI=1S/C23H32N2O/c1-24-7-9-25(10-8-24)21(26)16-22-12-18-11-19(13-22)15-23(14-18,17-22)20-5-3-2-4-6-20/h2-6,18-19H,7-17H2,1H3/t18-,19+,22?,23?. The Balaban J connectivity index is 1.38. The van der Waals surface area contributed by atoms with Crippen LogP contribution in [0.2, 0.25) is 0 Å². The largest absolute Gasteiger partial charge is 0.340 e. The van der Waals surface area contributed by atoms with Crippen LogP contribution in [0.5, 0.6) is 0 Å². The van der Waals surface area contributed by atoms with E-state index in [2.05, 4.69) is 47.2 Å². The molecular weight excluding hydrogens is 320 g/mol. The summed E-state index contributed by atoms with van der Waals surface area (Å²) in [5, 5.41) is 0. The zero-order valence-electron chi connectivity index (χ0n) is 16.1. The minimum Gasteiger partial charge on any atom is -0.340 e. The first-order valence-electron chi connectivity index (χ1n) is 10.6. The fraction of sp³-hybridized carbons (Fsp3) is 0.696. The smallest absolute Gasteiger partial charge is 0.223 e. The number of amides is 1. The van der Waals surface area contributed by atoms with E-state index in [1.54, 1.807) is 5.56 Å². The van der Waals surface area contributed by atoms with Crippen molar-refractivity contribution in [1.29, 1.82) is 0 Å². The summed E-state index contributed by atoms with van der Waals surface area (Å²) in [6.45, 7) is 3.89. The van der Waals surface area contributed by atoms with Crippen LogP contribution in [0.3, 0.4) is 0 Å². The second-order valence-electron chi connectivity index (χ2n) is 9.97. The molecule has 1 amide bonds. The number of carbonyl (C=O) groups excluding carboxylic acids is 1. The van der Waals surface area contributed by atoms with Gasteiger partial charge in [0.15, 0.2) is 0 Å².